The molecule has 2 heterocycles. The largest absolute Gasteiger partial charge is 0.352 e. The lowest BCUT2D eigenvalue weighted by Crippen LogP contribution is -2.32. The summed E-state index contributed by atoms with van der Waals surface area (Å²) in [7, 11) is 0. The van der Waals surface area contributed by atoms with E-state index in [1.54, 1.807) is 22.8 Å². The Labute approximate surface area is 174 Å². The summed E-state index contributed by atoms with van der Waals surface area (Å²) in [4.78, 5) is 40.2. The van der Waals surface area contributed by atoms with Gasteiger partial charge in [0.05, 0.1) is 5.92 Å². The van der Waals surface area contributed by atoms with Crippen molar-refractivity contribution in [3.63, 3.8) is 0 Å². The first-order chi connectivity index (χ1) is 13.9. The fourth-order valence-electron chi connectivity index (χ4n) is 4.00. The Morgan fingerprint density at radius 2 is 2.03 bits per heavy atom. The van der Waals surface area contributed by atoms with Crippen LogP contribution in [-0.4, -0.2) is 30.8 Å². The molecule has 0 saturated carbocycles. The summed E-state index contributed by atoms with van der Waals surface area (Å²) >= 11 is 5.97. The van der Waals surface area contributed by atoms with Gasteiger partial charge in [0.15, 0.2) is 0 Å². The summed E-state index contributed by atoms with van der Waals surface area (Å²) in [5.41, 5.74) is 3.66. The van der Waals surface area contributed by atoms with Crippen molar-refractivity contribution in [1.29, 1.82) is 0 Å². The molecular formula is C22H22ClN3O3. The molecule has 2 aromatic carbocycles. The second kappa shape index (κ2) is 7.87. The number of amides is 3. The second-order valence-corrected chi connectivity index (χ2v) is 7.92. The van der Waals surface area contributed by atoms with Gasteiger partial charge in [0.25, 0.3) is 0 Å². The minimum absolute atomic E-state index is 0.0187. The second-order valence-electron chi connectivity index (χ2n) is 7.49. The molecule has 0 bridgehead atoms. The van der Waals surface area contributed by atoms with Crippen LogP contribution in [0.15, 0.2) is 42.5 Å². The molecule has 7 heteroatoms. The maximum absolute atomic E-state index is 12.6. The van der Waals surface area contributed by atoms with Crippen LogP contribution in [0.1, 0.15) is 24.5 Å². The zero-order chi connectivity index (χ0) is 20.5. The molecule has 150 valence electrons. The van der Waals surface area contributed by atoms with Gasteiger partial charge in [0.1, 0.15) is 0 Å². The highest BCUT2D eigenvalue weighted by Crippen LogP contribution is 2.34. The molecule has 4 rings (SSSR count). The van der Waals surface area contributed by atoms with Gasteiger partial charge >= 0.3 is 0 Å². The molecule has 2 aliphatic rings. The van der Waals surface area contributed by atoms with Gasteiger partial charge in [-0.1, -0.05) is 23.7 Å². The quantitative estimate of drug-likeness (QED) is 0.841. The number of nitrogens with zero attached hydrogens (tertiary/aromatic N) is 2. The van der Waals surface area contributed by atoms with Crippen LogP contribution in [0, 0.1) is 5.92 Å². The third-order valence-corrected chi connectivity index (χ3v) is 5.74. The fourth-order valence-corrected chi connectivity index (χ4v) is 4.21. The lowest BCUT2D eigenvalue weighted by atomic mass is 10.1. The molecule has 1 saturated heterocycles. The average molecular weight is 412 g/mol. The Kier molecular flexibility index (Phi) is 5.28. The standard InChI is InChI=1S/C22H22ClN3O3/c1-14(27)25-8-7-16-10-19(5-6-20(16)25)26-13-17(11-21(26)28)22(29)24-12-15-3-2-4-18(23)9-15/h2-6,9-10,17H,7-8,11-13H2,1H3,(H,24,29). The Hall–Kier alpha value is -2.86. The topological polar surface area (TPSA) is 69.7 Å². The van der Waals surface area contributed by atoms with Crippen LogP contribution in [0.3, 0.4) is 0 Å². The van der Waals surface area contributed by atoms with E-state index in [1.807, 2.05) is 36.4 Å². The zero-order valence-corrected chi connectivity index (χ0v) is 16.9. The summed E-state index contributed by atoms with van der Waals surface area (Å²) < 4.78 is 0. The Morgan fingerprint density at radius 1 is 1.21 bits per heavy atom. The van der Waals surface area contributed by atoms with Crippen molar-refractivity contribution < 1.29 is 14.4 Å². The van der Waals surface area contributed by atoms with Gasteiger partial charge < -0.3 is 15.1 Å². The van der Waals surface area contributed by atoms with Crippen molar-refractivity contribution in [1.82, 2.24) is 5.32 Å². The number of rotatable bonds is 4. The van der Waals surface area contributed by atoms with E-state index in [0.29, 0.717) is 24.7 Å². The van der Waals surface area contributed by atoms with E-state index in [2.05, 4.69) is 5.32 Å². The van der Waals surface area contributed by atoms with Gasteiger partial charge in [-0.25, -0.2) is 0 Å². The fraction of sp³-hybridized carbons (Fsp3) is 0.318. The first-order valence-corrected chi connectivity index (χ1v) is 10.0. The molecule has 2 aromatic rings. The maximum atomic E-state index is 12.6. The predicted molar refractivity (Wildman–Crippen MR) is 112 cm³/mol. The summed E-state index contributed by atoms with van der Waals surface area (Å²) in [6, 6.07) is 13.0. The number of hydrogen-bond acceptors (Lipinski definition) is 3. The molecule has 1 N–H and O–H groups in total. The van der Waals surface area contributed by atoms with Crippen LogP contribution < -0.4 is 15.1 Å². The lowest BCUT2D eigenvalue weighted by molar-refractivity contribution is -0.126. The molecule has 1 unspecified atom stereocenters. The molecule has 1 atom stereocenters. The third-order valence-electron chi connectivity index (χ3n) is 5.50. The van der Waals surface area contributed by atoms with Crippen molar-refractivity contribution in [2.24, 2.45) is 5.92 Å². The predicted octanol–water partition coefficient (Wildman–Crippen LogP) is 2.92. The molecule has 3 amide bonds. The minimum atomic E-state index is -0.386. The Morgan fingerprint density at radius 3 is 2.79 bits per heavy atom. The number of carbonyl (C=O) groups excluding carboxylic acids is 3. The van der Waals surface area contributed by atoms with Crippen LogP contribution >= 0.6 is 11.6 Å². The summed E-state index contributed by atoms with van der Waals surface area (Å²) in [5, 5.41) is 3.52. The number of anilines is 2. The van der Waals surface area contributed by atoms with Crippen molar-refractivity contribution in [2.75, 3.05) is 22.9 Å². The molecule has 2 aliphatic heterocycles. The SMILES string of the molecule is CC(=O)N1CCc2cc(N3CC(C(=O)NCc4cccc(Cl)c4)CC3=O)ccc21. The number of halogens is 1. The van der Waals surface area contributed by atoms with E-state index in [0.717, 1.165) is 28.9 Å². The van der Waals surface area contributed by atoms with E-state index >= 15 is 0 Å². The Bertz CT molecular complexity index is 991. The van der Waals surface area contributed by atoms with Crippen molar-refractivity contribution >= 4 is 40.7 Å². The maximum Gasteiger partial charge on any atom is 0.227 e. The number of carbonyl (C=O) groups is 3. The van der Waals surface area contributed by atoms with Crippen molar-refractivity contribution in [3.05, 3.63) is 58.6 Å². The van der Waals surface area contributed by atoms with Crippen molar-refractivity contribution in [2.45, 2.75) is 26.3 Å². The van der Waals surface area contributed by atoms with Crippen LogP contribution in [-0.2, 0) is 27.3 Å². The first kappa shape index (κ1) is 19.5. The average Bonchev–Trinajstić information content (AvgIpc) is 3.29. The van der Waals surface area contributed by atoms with Gasteiger partial charge in [-0.3, -0.25) is 14.4 Å². The molecule has 29 heavy (non-hydrogen) atoms. The smallest absolute Gasteiger partial charge is 0.227 e. The van der Waals surface area contributed by atoms with E-state index in [1.165, 1.54) is 0 Å². The van der Waals surface area contributed by atoms with Crippen LogP contribution in [0.4, 0.5) is 11.4 Å². The molecule has 0 aliphatic carbocycles. The summed E-state index contributed by atoms with van der Waals surface area (Å²) in [6.07, 6.45) is 0.965. The van der Waals surface area contributed by atoms with E-state index in [4.69, 9.17) is 11.6 Å². The van der Waals surface area contributed by atoms with Gasteiger partial charge in [0, 0.05) is 49.4 Å². The molecule has 0 spiro atoms. The van der Waals surface area contributed by atoms with Crippen LogP contribution in [0.5, 0.6) is 0 Å². The van der Waals surface area contributed by atoms with Gasteiger partial charge in [-0.05, 0) is 47.9 Å². The molecule has 1 fully saturated rings. The Balaban J connectivity index is 1.42. The van der Waals surface area contributed by atoms with E-state index in [-0.39, 0.29) is 30.1 Å². The normalized spacial score (nSPS) is 18.1. The highest BCUT2D eigenvalue weighted by Gasteiger charge is 2.35. The van der Waals surface area contributed by atoms with Gasteiger partial charge in [-0.2, -0.15) is 0 Å². The lowest BCUT2D eigenvalue weighted by Gasteiger charge is -2.19. The molecule has 0 radical (unpaired) electrons. The van der Waals surface area contributed by atoms with Crippen molar-refractivity contribution in [3.8, 4) is 0 Å². The molecular weight excluding hydrogens is 390 g/mol. The number of benzene rings is 2. The van der Waals surface area contributed by atoms with E-state index in [9.17, 15) is 14.4 Å². The molecule has 6 nitrogen and oxygen atoms in total. The number of nitrogens with one attached hydrogen (secondary N) is 1. The first-order valence-electron chi connectivity index (χ1n) is 9.66. The van der Waals surface area contributed by atoms with Gasteiger partial charge in [-0.15, -0.1) is 0 Å². The molecule has 0 aromatic heterocycles. The number of fused-ring (bicyclic) bond motifs is 1. The van der Waals surface area contributed by atoms with Crippen LogP contribution in [0.2, 0.25) is 5.02 Å². The highest BCUT2D eigenvalue weighted by atomic mass is 35.5. The number of hydrogen-bond donors (Lipinski definition) is 1. The minimum Gasteiger partial charge on any atom is -0.352 e. The zero-order valence-electron chi connectivity index (χ0n) is 16.2. The van der Waals surface area contributed by atoms with Gasteiger partial charge in [0.2, 0.25) is 17.7 Å². The monoisotopic (exact) mass is 411 g/mol. The summed E-state index contributed by atoms with van der Waals surface area (Å²) in [5.74, 6) is -0.562. The van der Waals surface area contributed by atoms with E-state index < -0.39 is 0 Å². The highest BCUT2D eigenvalue weighted by molar-refractivity contribution is 6.30. The summed E-state index contributed by atoms with van der Waals surface area (Å²) in [6.45, 7) is 2.95. The third kappa shape index (κ3) is 3.98. The van der Waals surface area contributed by atoms with Crippen LogP contribution in [0.25, 0.3) is 0 Å².